The second-order valence-corrected chi connectivity index (χ2v) is 7.29. The van der Waals surface area contributed by atoms with E-state index in [4.69, 9.17) is 0 Å². The van der Waals surface area contributed by atoms with E-state index >= 15 is 0 Å². The zero-order valence-electron chi connectivity index (χ0n) is 12.7. The first-order valence-electron chi connectivity index (χ1n) is 7.98. The number of para-hydroxylation sites is 1. The highest BCUT2D eigenvalue weighted by Crippen LogP contribution is 2.35. The number of rotatable bonds is 3. The highest BCUT2D eigenvalue weighted by atomic mass is 32.2. The maximum absolute atomic E-state index is 12.7. The third kappa shape index (κ3) is 3.43. The highest BCUT2D eigenvalue weighted by molar-refractivity contribution is 7.99. The first kappa shape index (κ1) is 14.9. The number of hydrogen-bond donors (Lipinski definition) is 1. The van der Waals surface area contributed by atoms with E-state index in [1.807, 2.05) is 22.7 Å². The molecule has 2 atom stereocenters. The van der Waals surface area contributed by atoms with Gasteiger partial charge in [0, 0.05) is 23.6 Å². The molecule has 114 valence electrons. The van der Waals surface area contributed by atoms with Crippen molar-refractivity contribution >= 4 is 23.4 Å². The fourth-order valence-corrected chi connectivity index (χ4v) is 4.34. The Morgan fingerprint density at radius 1 is 1.48 bits per heavy atom. The van der Waals surface area contributed by atoms with Crippen molar-refractivity contribution in [3.63, 3.8) is 0 Å². The Bertz CT molecular complexity index is 499. The predicted molar refractivity (Wildman–Crippen MR) is 88.9 cm³/mol. The van der Waals surface area contributed by atoms with Gasteiger partial charge in [-0.05, 0) is 49.9 Å². The molecule has 2 aliphatic rings. The van der Waals surface area contributed by atoms with Gasteiger partial charge in [-0.1, -0.05) is 19.1 Å². The molecule has 1 aromatic rings. The quantitative estimate of drug-likeness (QED) is 0.931. The lowest BCUT2D eigenvalue weighted by Crippen LogP contribution is -2.39. The summed E-state index contributed by atoms with van der Waals surface area (Å²) in [4.78, 5) is 15.9. The summed E-state index contributed by atoms with van der Waals surface area (Å²) in [5, 5.41) is 3.46. The molecule has 1 aromatic carbocycles. The highest BCUT2D eigenvalue weighted by Gasteiger charge is 2.27. The van der Waals surface area contributed by atoms with Gasteiger partial charge < -0.3 is 10.2 Å². The molecule has 0 saturated carbocycles. The van der Waals surface area contributed by atoms with Gasteiger partial charge in [0.25, 0.3) is 0 Å². The number of anilines is 1. The summed E-state index contributed by atoms with van der Waals surface area (Å²) in [5.74, 6) is 2.41. The molecule has 1 N–H and O–H groups in total. The second-order valence-electron chi connectivity index (χ2n) is 6.15. The lowest BCUT2D eigenvalue weighted by Gasteiger charge is -2.32. The van der Waals surface area contributed by atoms with Gasteiger partial charge in [0.1, 0.15) is 0 Å². The molecule has 0 aliphatic carbocycles. The summed E-state index contributed by atoms with van der Waals surface area (Å²) in [6.07, 6.45) is 3.17. The zero-order valence-corrected chi connectivity index (χ0v) is 13.5. The number of fused-ring (bicyclic) bond motifs is 1. The summed E-state index contributed by atoms with van der Waals surface area (Å²) in [6.45, 7) is 5.28. The van der Waals surface area contributed by atoms with Gasteiger partial charge in [-0.25, -0.2) is 0 Å². The van der Waals surface area contributed by atoms with Crippen molar-refractivity contribution in [2.24, 2.45) is 11.8 Å². The molecule has 0 radical (unpaired) electrons. The lowest BCUT2D eigenvalue weighted by atomic mass is 9.85. The van der Waals surface area contributed by atoms with E-state index in [0.717, 1.165) is 31.1 Å². The fourth-order valence-electron chi connectivity index (χ4n) is 3.35. The topological polar surface area (TPSA) is 32.3 Å². The van der Waals surface area contributed by atoms with Crippen LogP contribution >= 0.6 is 11.8 Å². The molecule has 0 aromatic heterocycles. The number of nitrogens with one attached hydrogen (secondary N) is 1. The van der Waals surface area contributed by atoms with Crippen LogP contribution in [0.3, 0.4) is 0 Å². The standard InChI is InChI=1S/C17H24N2OS/c1-13(14-5-4-8-18-12-14)11-17(20)19-9-10-21-16-7-3-2-6-15(16)19/h2-3,6-7,13-14,18H,4-5,8-12H2,1H3. The number of carbonyl (C=O) groups is 1. The third-order valence-electron chi connectivity index (χ3n) is 4.67. The van der Waals surface area contributed by atoms with Crippen LogP contribution in [0, 0.1) is 11.8 Å². The van der Waals surface area contributed by atoms with Gasteiger partial charge in [0.15, 0.2) is 0 Å². The molecule has 3 rings (SSSR count). The minimum Gasteiger partial charge on any atom is -0.316 e. The second kappa shape index (κ2) is 6.84. The first-order valence-corrected chi connectivity index (χ1v) is 8.97. The molecule has 2 unspecified atom stereocenters. The number of nitrogens with zero attached hydrogens (tertiary/aromatic N) is 1. The van der Waals surface area contributed by atoms with Crippen molar-refractivity contribution in [2.75, 3.05) is 30.3 Å². The van der Waals surface area contributed by atoms with Crippen LogP contribution in [0.1, 0.15) is 26.2 Å². The Kier molecular flexibility index (Phi) is 4.86. The first-order chi connectivity index (χ1) is 10.3. The molecule has 2 heterocycles. The molecular formula is C17H24N2OS. The van der Waals surface area contributed by atoms with Crippen LogP contribution in [-0.2, 0) is 4.79 Å². The van der Waals surface area contributed by atoms with Crippen molar-refractivity contribution in [2.45, 2.75) is 31.1 Å². The van der Waals surface area contributed by atoms with Crippen molar-refractivity contribution in [3.8, 4) is 0 Å². The maximum atomic E-state index is 12.7. The van der Waals surface area contributed by atoms with Crippen molar-refractivity contribution in [1.82, 2.24) is 5.32 Å². The average molecular weight is 304 g/mol. The molecule has 0 bridgehead atoms. The summed E-state index contributed by atoms with van der Waals surface area (Å²) in [5.41, 5.74) is 1.10. The smallest absolute Gasteiger partial charge is 0.227 e. The molecule has 0 spiro atoms. The monoisotopic (exact) mass is 304 g/mol. The number of amides is 1. The summed E-state index contributed by atoms with van der Waals surface area (Å²) in [6, 6.07) is 8.27. The number of hydrogen-bond acceptors (Lipinski definition) is 3. The average Bonchev–Trinajstić information content (AvgIpc) is 2.55. The third-order valence-corrected chi connectivity index (χ3v) is 5.71. The minimum absolute atomic E-state index is 0.292. The normalized spacial score (nSPS) is 23.5. The summed E-state index contributed by atoms with van der Waals surface area (Å²) < 4.78 is 0. The van der Waals surface area contributed by atoms with Gasteiger partial charge in [0.05, 0.1) is 5.69 Å². The fraction of sp³-hybridized carbons (Fsp3) is 0.588. The van der Waals surface area contributed by atoms with Crippen LogP contribution in [-0.4, -0.2) is 31.3 Å². The Balaban J connectivity index is 1.66. The Morgan fingerprint density at radius 2 is 2.33 bits per heavy atom. The molecule has 1 saturated heterocycles. The van der Waals surface area contributed by atoms with E-state index in [-0.39, 0.29) is 0 Å². The predicted octanol–water partition coefficient (Wildman–Crippen LogP) is 3.15. The molecule has 2 aliphatic heterocycles. The summed E-state index contributed by atoms with van der Waals surface area (Å²) in [7, 11) is 0. The van der Waals surface area contributed by atoms with Crippen molar-refractivity contribution < 1.29 is 4.79 Å². The molecular weight excluding hydrogens is 280 g/mol. The van der Waals surface area contributed by atoms with Gasteiger partial charge in [-0.15, -0.1) is 11.8 Å². The largest absolute Gasteiger partial charge is 0.316 e. The Labute approximate surface area is 131 Å². The van der Waals surface area contributed by atoms with Crippen LogP contribution in [0.25, 0.3) is 0 Å². The van der Waals surface area contributed by atoms with E-state index in [1.54, 1.807) is 0 Å². The molecule has 1 fully saturated rings. The Hall–Kier alpha value is -1.00. The van der Waals surface area contributed by atoms with Crippen LogP contribution in [0.2, 0.25) is 0 Å². The van der Waals surface area contributed by atoms with E-state index < -0.39 is 0 Å². The van der Waals surface area contributed by atoms with Gasteiger partial charge in [0.2, 0.25) is 5.91 Å². The van der Waals surface area contributed by atoms with Gasteiger partial charge >= 0.3 is 0 Å². The van der Waals surface area contributed by atoms with Crippen LogP contribution in [0.15, 0.2) is 29.2 Å². The van der Waals surface area contributed by atoms with Crippen molar-refractivity contribution in [1.29, 1.82) is 0 Å². The minimum atomic E-state index is 0.292. The maximum Gasteiger partial charge on any atom is 0.227 e. The van der Waals surface area contributed by atoms with E-state index in [0.29, 0.717) is 24.2 Å². The molecule has 1 amide bonds. The number of piperidine rings is 1. The Morgan fingerprint density at radius 3 is 3.14 bits per heavy atom. The van der Waals surface area contributed by atoms with Gasteiger partial charge in [-0.3, -0.25) is 4.79 Å². The molecule has 3 nitrogen and oxygen atoms in total. The number of carbonyl (C=O) groups excluding carboxylic acids is 1. The van der Waals surface area contributed by atoms with Gasteiger partial charge in [-0.2, -0.15) is 0 Å². The van der Waals surface area contributed by atoms with E-state index in [1.165, 1.54) is 17.7 Å². The van der Waals surface area contributed by atoms with Crippen molar-refractivity contribution in [3.05, 3.63) is 24.3 Å². The zero-order chi connectivity index (χ0) is 14.7. The van der Waals surface area contributed by atoms with E-state index in [9.17, 15) is 4.79 Å². The number of benzene rings is 1. The van der Waals surface area contributed by atoms with Crippen LogP contribution in [0.4, 0.5) is 5.69 Å². The molecule has 21 heavy (non-hydrogen) atoms. The number of thioether (sulfide) groups is 1. The van der Waals surface area contributed by atoms with E-state index in [2.05, 4.69) is 30.4 Å². The van der Waals surface area contributed by atoms with Crippen LogP contribution in [0.5, 0.6) is 0 Å². The summed E-state index contributed by atoms with van der Waals surface area (Å²) >= 11 is 1.85. The molecule has 4 heteroatoms. The van der Waals surface area contributed by atoms with Crippen LogP contribution < -0.4 is 10.2 Å². The SMILES string of the molecule is CC(CC(=O)N1CCSc2ccccc21)C1CCCNC1. The lowest BCUT2D eigenvalue weighted by molar-refractivity contribution is -0.119.